The van der Waals surface area contributed by atoms with Gasteiger partial charge in [0.1, 0.15) is 6.10 Å². The van der Waals surface area contributed by atoms with Gasteiger partial charge in [0.25, 0.3) is 0 Å². The van der Waals surface area contributed by atoms with Gasteiger partial charge in [-0.2, -0.15) is 4.31 Å². The van der Waals surface area contributed by atoms with Crippen molar-refractivity contribution < 1.29 is 51.5 Å². The summed E-state index contributed by atoms with van der Waals surface area (Å²) in [5, 5.41) is 17.4. The topological polar surface area (TPSA) is 171 Å². The Kier molecular flexibility index (Phi) is 14.0. The number of nitrogens with zero attached hydrogens (tertiary/aromatic N) is 1. The van der Waals surface area contributed by atoms with Crippen LogP contribution < -0.4 is 20.1 Å². The molecule has 5 rings (SSSR count). The van der Waals surface area contributed by atoms with E-state index in [1.165, 1.54) is 16.4 Å². The predicted octanol–water partition coefficient (Wildman–Crippen LogP) is 4.59. The number of unbranched alkanes of at least 4 members (excludes halogenated alkanes) is 2. The van der Waals surface area contributed by atoms with Crippen molar-refractivity contribution in [1.29, 1.82) is 0 Å². The van der Waals surface area contributed by atoms with E-state index in [-0.39, 0.29) is 43.7 Å². The van der Waals surface area contributed by atoms with Crippen LogP contribution >= 0.6 is 0 Å². The van der Waals surface area contributed by atoms with E-state index >= 15 is 0 Å². The van der Waals surface area contributed by atoms with Crippen LogP contribution in [-0.4, -0.2) is 101 Å². The number of hydrogen-bond donors (Lipinski definition) is 3. The van der Waals surface area contributed by atoms with Crippen molar-refractivity contribution in [2.24, 2.45) is 11.3 Å². The molecule has 0 aliphatic carbocycles. The van der Waals surface area contributed by atoms with E-state index in [2.05, 4.69) is 10.6 Å². The molecule has 2 saturated heterocycles. The standard InChI is InChI=1S/C37H53N3O11S/c1-4-5-18-47-35(42)38-17-10-9-16-37(2,3)24-40(52(44,45)27-13-14-31-32(21-27)50-25-49-31)22-30(41)29(20-26-11-7-6-8-12-26)39-36(43)51-33-23-48-34-28(33)15-19-46-34/h6-8,11-14,21,28-30,33-34,41H,4-5,9-10,15-20,22-25H2,1-3H3,(H,38,42)(H,39,43)/t28-,29-,30+,33-,34+/m0/s1. The van der Waals surface area contributed by atoms with Gasteiger partial charge in [-0.1, -0.05) is 63.9 Å². The third-order valence-corrected chi connectivity index (χ3v) is 11.4. The highest BCUT2D eigenvalue weighted by Gasteiger charge is 2.44. The lowest BCUT2D eigenvalue weighted by Gasteiger charge is -2.35. The van der Waals surface area contributed by atoms with E-state index in [4.69, 9.17) is 28.4 Å². The van der Waals surface area contributed by atoms with E-state index < -0.39 is 52.2 Å². The van der Waals surface area contributed by atoms with E-state index in [9.17, 15) is 23.1 Å². The van der Waals surface area contributed by atoms with E-state index in [0.717, 1.165) is 18.4 Å². The minimum absolute atomic E-state index is 0.00733. The van der Waals surface area contributed by atoms with Crippen LogP contribution in [0.4, 0.5) is 9.59 Å². The van der Waals surface area contributed by atoms with Crippen molar-refractivity contribution >= 4 is 22.2 Å². The molecule has 14 nitrogen and oxygen atoms in total. The van der Waals surface area contributed by atoms with Crippen LogP contribution in [0.1, 0.15) is 64.9 Å². The van der Waals surface area contributed by atoms with Crippen LogP contribution in [0.3, 0.4) is 0 Å². The zero-order valence-electron chi connectivity index (χ0n) is 30.3. The summed E-state index contributed by atoms with van der Waals surface area (Å²) in [5.41, 5.74) is 0.308. The molecule has 0 saturated carbocycles. The number of ether oxygens (including phenoxy) is 6. The van der Waals surface area contributed by atoms with Gasteiger partial charge in [0.15, 0.2) is 17.8 Å². The maximum absolute atomic E-state index is 14.4. The Hall–Kier alpha value is -3.63. The Morgan fingerprint density at radius 2 is 1.83 bits per heavy atom. The minimum Gasteiger partial charge on any atom is -0.454 e. The lowest BCUT2D eigenvalue weighted by Crippen LogP contribution is -2.52. The van der Waals surface area contributed by atoms with E-state index in [1.807, 2.05) is 51.1 Å². The number of hydrogen-bond acceptors (Lipinski definition) is 11. The number of sulfonamides is 1. The Morgan fingerprint density at radius 3 is 2.62 bits per heavy atom. The average Bonchev–Trinajstić information content (AvgIpc) is 3.87. The van der Waals surface area contributed by atoms with Gasteiger partial charge < -0.3 is 44.2 Å². The molecule has 3 heterocycles. The number of aliphatic hydroxyl groups is 1. The lowest BCUT2D eigenvalue weighted by molar-refractivity contribution is -0.0907. The number of fused-ring (bicyclic) bond motifs is 2. The smallest absolute Gasteiger partial charge is 0.407 e. The van der Waals surface area contributed by atoms with Gasteiger partial charge in [-0.15, -0.1) is 0 Å². The zero-order chi connectivity index (χ0) is 37.1. The van der Waals surface area contributed by atoms with Crippen molar-refractivity contribution in [3.8, 4) is 11.5 Å². The van der Waals surface area contributed by atoms with Crippen LogP contribution in [0.2, 0.25) is 0 Å². The van der Waals surface area contributed by atoms with Gasteiger partial charge in [0.2, 0.25) is 16.8 Å². The highest BCUT2D eigenvalue weighted by Crippen LogP contribution is 2.36. The van der Waals surface area contributed by atoms with Crippen molar-refractivity contribution in [3.05, 3.63) is 54.1 Å². The second kappa shape index (κ2) is 18.4. The lowest BCUT2D eigenvalue weighted by atomic mass is 9.87. The first-order valence-electron chi connectivity index (χ1n) is 18.2. The summed E-state index contributed by atoms with van der Waals surface area (Å²) in [6.07, 6.45) is 1.32. The molecule has 2 fully saturated rings. The highest BCUT2D eigenvalue weighted by molar-refractivity contribution is 7.89. The van der Waals surface area contributed by atoms with E-state index in [1.54, 1.807) is 6.07 Å². The van der Waals surface area contributed by atoms with Crippen LogP contribution in [0.5, 0.6) is 11.5 Å². The quantitative estimate of drug-likeness (QED) is 0.172. The van der Waals surface area contributed by atoms with Crippen molar-refractivity contribution in [3.63, 3.8) is 0 Å². The molecule has 0 bridgehead atoms. The number of amides is 2. The Labute approximate surface area is 306 Å². The van der Waals surface area contributed by atoms with Crippen LogP contribution in [-0.2, 0) is 35.4 Å². The summed E-state index contributed by atoms with van der Waals surface area (Å²) in [4.78, 5) is 25.2. The fourth-order valence-electron chi connectivity index (χ4n) is 6.63. The fourth-order valence-corrected chi connectivity index (χ4v) is 8.29. The highest BCUT2D eigenvalue weighted by atomic mass is 32.2. The molecule has 288 valence electrons. The molecule has 2 amide bonds. The number of carbonyl (C=O) groups excluding carboxylic acids is 2. The third-order valence-electron chi connectivity index (χ3n) is 9.57. The molecule has 2 aromatic carbocycles. The summed E-state index contributed by atoms with van der Waals surface area (Å²) >= 11 is 0. The summed E-state index contributed by atoms with van der Waals surface area (Å²) in [7, 11) is -4.18. The van der Waals surface area contributed by atoms with Crippen LogP contribution in [0.25, 0.3) is 0 Å². The number of benzene rings is 2. The van der Waals surface area contributed by atoms with Crippen LogP contribution in [0.15, 0.2) is 53.4 Å². The zero-order valence-corrected chi connectivity index (χ0v) is 31.1. The van der Waals surface area contributed by atoms with Gasteiger partial charge in [0, 0.05) is 25.7 Å². The second-order valence-electron chi connectivity index (χ2n) is 14.3. The Bertz CT molecular complexity index is 1580. The predicted molar refractivity (Wildman–Crippen MR) is 190 cm³/mol. The summed E-state index contributed by atoms with van der Waals surface area (Å²) in [6, 6.07) is 12.9. The first-order chi connectivity index (χ1) is 24.9. The van der Waals surface area contributed by atoms with E-state index in [0.29, 0.717) is 56.9 Å². The molecule has 5 atom stereocenters. The maximum atomic E-state index is 14.4. The Morgan fingerprint density at radius 1 is 1.04 bits per heavy atom. The summed E-state index contributed by atoms with van der Waals surface area (Å²) in [6.45, 7) is 7.26. The molecule has 15 heteroatoms. The first-order valence-corrected chi connectivity index (χ1v) is 19.6. The van der Waals surface area contributed by atoms with Gasteiger partial charge in [-0.05, 0) is 55.2 Å². The molecular formula is C37H53N3O11S. The molecule has 0 aromatic heterocycles. The number of nitrogens with one attached hydrogen (secondary N) is 2. The molecule has 0 spiro atoms. The first kappa shape index (κ1) is 39.6. The third kappa shape index (κ3) is 10.9. The Balaban J connectivity index is 1.29. The van der Waals surface area contributed by atoms with Gasteiger partial charge >= 0.3 is 12.2 Å². The molecule has 2 aromatic rings. The monoisotopic (exact) mass is 747 g/mol. The molecule has 3 aliphatic rings. The molecule has 0 radical (unpaired) electrons. The maximum Gasteiger partial charge on any atom is 0.407 e. The molecule has 3 aliphatic heterocycles. The normalized spacial score (nSPS) is 20.7. The number of carbonyl (C=O) groups is 2. The SMILES string of the molecule is CCCCOC(=O)NCCCCC(C)(C)CN(C[C@@H](O)[C@H](Cc1ccccc1)NC(=O)O[C@H]1CO[C@H]2OCC[C@H]21)S(=O)(=O)c1ccc2c(c1)OCO2. The molecule has 52 heavy (non-hydrogen) atoms. The number of rotatable bonds is 19. The second-order valence-corrected chi connectivity index (χ2v) is 16.3. The number of alkyl carbamates (subject to hydrolysis) is 2. The number of aliphatic hydroxyl groups excluding tert-OH is 1. The van der Waals surface area contributed by atoms with Crippen molar-refractivity contribution in [2.45, 2.75) is 95.2 Å². The van der Waals surface area contributed by atoms with Crippen LogP contribution in [0, 0.1) is 11.3 Å². The minimum atomic E-state index is -4.18. The molecule has 0 unspecified atom stereocenters. The average molecular weight is 748 g/mol. The largest absolute Gasteiger partial charge is 0.454 e. The fraction of sp³-hybridized carbons (Fsp3) is 0.622. The molecular weight excluding hydrogens is 694 g/mol. The molecule has 3 N–H and O–H groups in total. The van der Waals surface area contributed by atoms with Gasteiger partial charge in [0.05, 0.1) is 42.8 Å². The van der Waals surface area contributed by atoms with Crippen molar-refractivity contribution in [1.82, 2.24) is 14.9 Å². The summed E-state index contributed by atoms with van der Waals surface area (Å²) in [5.74, 6) is 0.699. The van der Waals surface area contributed by atoms with Gasteiger partial charge in [-0.3, -0.25) is 0 Å². The summed E-state index contributed by atoms with van der Waals surface area (Å²) < 4.78 is 63.0. The van der Waals surface area contributed by atoms with Crippen molar-refractivity contribution in [2.75, 3.05) is 46.2 Å². The van der Waals surface area contributed by atoms with Gasteiger partial charge in [-0.25, -0.2) is 18.0 Å².